The zero-order valence-corrected chi connectivity index (χ0v) is 7.18. The second-order valence-electron chi connectivity index (χ2n) is 2.65. The Morgan fingerprint density at radius 1 is 1.85 bits per heavy atom. The van der Waals surface area contributed by atoms with Crippen molar-refractivity contribution in [2.45, 2.75) is 12.5 Å². The zero-order chi connectivity index (χ0) is 9.68. The fourth-order valence-electron chi connectivity index (χ4n) is 1.01. The van der Waals surface area contributed by atoms with Crippen LogP contribution in [0.5, 0.6) is 0 Å². The standard InChI is InChI=1S/C9H11NO3/c1-2-7-13-9-5-3-8(4-6-9)10(11)12/h2-3,5-6,8H,1,4,7H2. The maximum Gasteiger partial charge on any atom is 0.235 e. The molecule has 0 aliphatic heterocycles. The quantitative estimate of drug-likeness (QED) is 0.376. The topological polar surface area (TPSA) is 52.4 Å². The molecule has 4 nitrogen and oxygen atoms in total. The predicted octanol–water partition coefficient (Wildman–Crippen LogP) is 1.68. The van der Waals surface area contributed by atoms with Crippen LogP contribution in [-0.4, -0.2) is 17.6 Å². The molecule has 0 aromatic carbocycles. The van der Waals surface area contributed by atoms with Gasteiger partial charge in [0.2, 0.25) is 6.04 Å². The number of allylic oxidation sites excluding steroid dienone is 1. The highest BCUT2D eigenvalue weighted by Gasteiger charge is 2.17. The second kappa shape index (κ2) is 4.45. The summed E-state index contributed by atoms with van der Waals surface area (Å²) in [5.41, 5.74) is 0. The van der Waals surface area contributed by atoms with Gasteiger partial charge in [0, 0.05) is 11.3 Å². The van der Waals surface area contributed by atoms with E-state index in [2.05, 4.69) is 6.58 Å². The minimum absolute atomic E-state index is 0.308. The van der Waals surface area contributed by atoms with Gasteiger partial charge >= 0.3 is 0 Å². The van der Waals surface area contributed by atoms with E-state index in [-0.39, 0.29) is 4.92 Å². The Morgan fingerprint density at radius 2 is 2.62 bits per heavy atom. The van der Waals surface area contributed by atoms with Gasteiger partial charge in [-0.3, -0.25) is 10.1 Å². The molecule has 0 saturated carbocycles. The summed E-state index contributed by atoms with van der Waals surface area (Å²) in [5, 5.41) is 10.3. The molecule has 0 bridgehead atoms. The van der Waals surface area contributed by atoms with E-state index in [0.717, 1.165) is 0 Å². The van der Waals surface area contributed by atoms with Gasteiger partial charge in [0.05, 0.1) is 0 Å². The van der Waals surface area contributed by atoms with Gasteiger partial charge < -0.3 is 4.74 Å². The number of nitrogens with zero attached hydrogens (tertiary/aromatic N) is 1. The third-order valence-electron chi connectivity index (χ3n) is 1.68. The maximum atomic E-state index is 10.3. The SMILES string of the molecule is C=CCOC1=CCC([N+](=O)[O-])C=C1. The maximum absolute atomic E-state index is 10.3. The molecule has 0 heterocycles. The monoisotopic (exact) mass is 181 g/mol. The normalized spacial score (nSPS) is 20.6. The number of ether oxygens (including phenoxy) is 1. The van der Waals surface area contributed by atoms with Gasteiger partial charge in [-0.25, -0.2) is 0 Å². The predicted molar refractivity (Wildman–Crippen MR) is 48.8 cm³/mol. The van der Waals surface area contributed by atoms with E-state index < -0.39 is 6.04 Å². The summed E-state index contributed by atoms with van der Waals surface area (Å²) in [6, 6.07) is -0.601. The van der Waals surface area contributed by atoms with Gasteiger partial charge in [0.25, 0.3) is 0 Å². The molecule has 0 aromatic rings. The van der Waals surface area contributed by atoms with Crippen LogP contribution >= 0.6 is 0 Å². The third kappa shape index (κ3) is 2.74. The summed E-state index contributed by atoms with van der Waals surface area (Å²) in [4.78, 5) is 10.0. The molecule has 1 unspecified atom stereocenters. The van der Waals surface area contributed by atoms with Crippen molar-refractivity contribution in [3.63, 3.8) is 0 Å². The van der Waals surface area contributed by atoms with Crippen molar-refractivity contribution in [1.29, 1.82) is 0 Å². The van der Waals surface area contributed by atoms with E-state index in [0.29, 0.717) is 18.8 Å². The molecule has 0 N–H and O–H groups in total. The highest BCUT2D eigenvalue weighted by molar-refractivity contribution is 5.19. The first-order chi connectivity index (χ1) is 6.24. The van der Waals surface area contributed by atoms with Crippen LogP contribution in [-0.2, 0) is 4.74 Å². The lowest BCUT2D eigenvalue weighted by Gasteiger charge is -2.10. The molecule has 0 radical (unpaired) electrons. The average Bonchev–Trinajstić information content (AvgIpc) is 2.15. The summed E-state index contributed by atoms with van der Waals surface area (Å²) >= 11 is 0. The summed E-state index contributed by atoms with van der Waals surface area (Å²) < 4.78 is 5.19. The van der Waals surface area contributed by atoms with E-state index in [1.807, 2.05) is 0 Å². The lowest BCUT2D eigenvalue weighted by atomic mass is 10.1. The molecule has 13 heavy (non-hydrogen) atoms. The fourth-order valence-corrected chi connectivity index (χ4v) is 1.01. The van der Waals surface area contributed by atoms with Crippen LogP contribution in [0.4, 0.5) is 0 Å². The van der Waals surface area contributed by atoms with Gasteiger partial charge in [0.1, 0.15) is 12.4 Å². The van der Waals surface area contributed by atoms with Crippen LogP contribution in [0, 0.1) is 10.1 Å². The van der Waals surface area contributed by atoms with Gasteiger partial charge in [-0.1, -0.05) is 12.7 Å². The van der Waals surface area contributed by atoms with Crippen molar-refractivity contribution in [2.24, 2.45) is 0 Å². The van der Waals surface area contributed by atoms with E-state index in [1.165, 1.54) is 0 Å². The van der Waals surface area contributed by atoms with Crippen LogP contribution in [0.25, 0.3) is 0 Å². The summed E-state index contributed by atoms with van der Waals surface area (Å²) in [6.07, 6.45) is 6.92. The molecule has 1 aliphatic rings. The molecule has 0 amide bonds. The van der Waals surface area contributed by atoms with Crippen LogP contribution < -0.4 is 0 Å². The van der Waals surface area contributed by atoms with Crippen LogP contribution in [0.3, 0.4) is 0 Å². The lowest BCUT2D eigenvalue weighted by molar-refractivity contribution is -0.508. The average molecular weight is 181 g/mol. The van der Waals surface area contributed by atoms with Crippen molar-refractivity contribution < 1.29 is 9.66 Å². The zero-order valence-electron chi connectivity index (χ0n) is 7.18. The Kier molecular flexibility index (Phi) is 3.25. The number of nitro groups is 1. The van der Waals surface area contributed by atoms with Crippen LogP contribution in [0.15, 0.2) is 36.6 Å². The Hall–Kier alpha value is -1.58. The van der Waals surface area contributed by atoms with E-state index in [9.17, 15) is 10.1 Å². The van der Waals surface area contributed by atoms with Crippen molar-refractivity contribution in [1.82, 2.24) is 0 Å². The Labute approximate surface area is 76.4 Å². The van der Waals surface area contributed by atoms with Crippen LogP contribution in [0.2, 0.25) is 0 Å². The first-order valence-electron chi connectivity index (χ1n) is 3.99. The summed E-state index contributed by atoms with van der Waals surface area (Å²) in [5.74, 6) is 0.679. The molecule has 0 fully saturated rings. The highest BCUT2D eigenvalue weighted by Crippen LogP contribution is 2.13. The minimum Gasteiger partial charge on any atom is -0.490 e. The number of rotatable bonds is 4. The van der Waals surface area contributed by atoms with Gasteiger partial charge in [-0.15, -0.1) is 0 Å². The molecule has 1 aliphatic carbocycles. The molecule has 0 aromatic heterocycles. The smallest absolute Gasteiger partial charge is 0.235 e. The number of hydrogen-bond acceptors (Lipinski definition) is 3. The van der Waals surface area contributed by atoms with E-state index in [4.69, 9.17) is 4.74 Å². The van der Waals surface area contributed by atoms with Crippen molar-refractivity contribution in [2.75, 3.05) is 6.61 Å². The molecule has 0 spiro atoms. The van der Waals surface area contributed by atoms with Gasteiger partial charge in [-0.05, 0) is 18.2 Å². The molecule has 1 atom stereocenters. The third-order valence-corrected chi connectivity index (χ3v) is 1.68. The largest absolute Gasteiger partial charge is 0.490 e. The Balaban J connectivity index is 2.45. The summed E-state index contributed by atoms with van der Waals surface area (Å²) in [7, 11) is 0. The van der Waals surface area contributed by atoms with Gasteiger partial charge in [0.15, 0.2) is 0 Å². The molecule has 0 saturated heterocycles. The molecule has 1 rings (SSSR count). The highest BCUT2D eigenvalue weighted by atomic mass is 16.6. The number of hydrogen-bond donors (Lipinski definition) is 0. The second-order valence-corrected chi connectivity index (χ2v) is 2.65. The summed E-state index contributed by atoms with van der Waals surface area (Å²) in [6.45, 7) is 3.93. The first kappa shape index (κ1) is 9.51. The van der Waals surface area contributed by atoms with E-state index in [1.54, 1.807) is 24.3 Å². The van der Waals surface area contributed by atoms with Gasteiger partial charge in [-0.2, -0.15) is 0 Å². The Bertz CT molecular complexity index is 268. The molecule has 70 valence electrons. The molecular weight excluding hydrogens is 170 g/mol. The van der Waals surface area contributed by atoms with Crippen molar-refractivity contribution in [3.05, 3.63) is 46.8 Å². The Morgan fingerprint density at radius 3 is 3.08 bits per heavy atom. The van der Waals surface area contributed by atoms with Crippen molar-refractivity contribution in [3.8, 4) is 0 Å². The fraction of sp³-hybridized carbons (Fsp3) is 0.333. The first-order valence-corrected chi connectivity index (χ1v) is 3.99. The van der Waals surface area contributed by atoms with Crippen LogP contribution in [0.1, 0.15) is 6.42 Å². The van der Waals surface area contributed by atoms with Crippen molar-refractivity contribution >= 4 is 0 Å². The minimum atomic E-state index is -0.601. The molecular formula is C9H11NO3. The molecule has 4 heteroatoms. The lowest BCUT2D eigenvalue weighted by Crippen LogP contribution is -2.17. The van der Waals surface area contributed by atoms with E-state index >= 15 is 0 Å².